The summed E-state index contributed by atoms with van der Waals surface area (Å²) < 4.78 is 0.934. The van der Waals surface area contributed by atoms with E-state index in [0.29, 0.717) is 12.0 Å². The molecule has 0 saturated carbocycles. The van der Waals surface area contributed by atoms with Crippen LogP contribution in [0.5, 0.6) is 0 Å². The summed E-state index contributed by atoms with van der Waals surface area (Å²) in [5.74, 6) is 0.124. The maximum atomic E-state index is 12.1. The van der Waals surface area contributed by atoms with Gasteiger partial charge in [0, 0.05) is 22.2 Å². The second kappa shape index (κ2) is 4.81. The minimum Gasteiger partial charge on any atom is -0.327 e. The van der Waals surface area contributed by atoms with Gasteiger partial charge in [0.2, 0.25) is 0 Å². The number of amides is 2. The average Bonchev–Trinajstić information content (AvgIpc) is 2.37. The van der Waals surface area contributed by atoms with E-state index in [1.54, 1.807) is 0 Å². The molecule has 0 spiro atoms. The molecule has 1 aliphatic carbocycles. The molecule has 0 aromatic heterocycles. The first-order valence-corrected chi connectivity index (χ1v) is 7.03. The summed E-state index contributed by atoms with van der Waals surface area (Å²) in [5.41, 5.74) is 2.42. The van der Waals surface area contributed by atoms with Crippen LogP contribution < -0.4 is 10.6 Å². The smallest absolute Gasteiger partial charge is 0.319 e. The summed E-state index contributed by atoms with van der Waals surface area (Å²) in [7, 11) is 0. The second-order valence-electron chi connectivity index (χ2n) is 4.76. The average molecular weight is 321 g/mol. The van der Waals surface area contributed by atoms with Gasteiger partial charge in [0.25, 0.3) is 0 Å². The highest BCUT2D eigenvalue weighted by Crippen LogP contribution is 2.33. The highest BCUT2D eigenvalue weighted by atomic mass is 79.9. The number of ketones is 1. The number of allylic oxidation sites excluding steroid dienone is 1. The van der Waals surface area contributed by atoms with Gasteiger partial charge in [-0.2, -0.15) is 0 Å². The Morgan fingerprint density at radius 1 is 1.21 bits per heavy atom. The Hall–Kier alpha value is -1.62. The first kappa shape index (κ1) is 12.4. The van der Waals surface area contributed by atoms with Crippen LogP contribution in [0.15, 0.2) is 40.0 Å². The summed E-state index contributed by atoms with van der Waals surface area (Å²) in [5, 5.41) is 5.60. The molecule has 3 rings (SSSR count). The number of Topliss-reactive ketones (excluding diaryl/α,β-unsaturated/α-hetero) is 1. The zero-order valence-electron chi connectivity index (χ0n) is 10.2. The van der Waals surface area contributed by atoms with Crippen LogP contribution in [0, 0.1) is 0 Å². The monoisotopic (exact) mass is 320 g/mol. The third-order valence-electron chi connectivity index (χ3n) is 3.47. The van der Waals surface area contributed by atoms with E-state index in [1.165, 1.54) is 0 Å². The van der Waals surface area contributed by atoms with Crippen molar-refractivity contribution in [1.29, 1.82) is 0 Å². The van der Waals surface area contributed by atoms with E-state index in [0.717, 1.165) is 28.6 Å². The predicted octanol–water partition coefficient (Wildman–Crippen LogP) is 2.81. The lowest BCUT2D eigenvalue weighted by atomic mass is 9.85. The van der Waals surface area contributed by atoms with E-state index in [2.05, 4.69) is 26.6 Å². The van der Waals surface area contributed by atoms with Crippen molar-refractivity contribution in [1.82, 2.24) is 10.6 Å². The van der Waals surface area contributed by atoms with Crippen molar-refractivity contribution in [2.75, 3.05) is 0 Å². The van der Waals surface area contributed by atoms with Crippen molar-refractivity contribution in [2.24, 2.45) is 0 Å². The number of benzene rings is 1. The Morgan fingerprint density at radius 2 is 2.05 bits per heavy atom. The standard InChI is InChI=1S/C14H13BrN2O2/c15-9-4-1-3-8(7-9)13-12-10(16-14(19)17-13)5-2-6-11(12)18/h1,3-4,7,13H,2,5-6H2,(H2,16,17,19). The largest absolute Gasteiger partial charge is 0.327 e. The zero-order chi connectivity index (χ0) is 13.4. The van der Waals surface area contributed by atoms with Crippen LogP contribution in [0.1, 0.15) is 30.9 Å². The highest BCUT2D eigenvalue weighted by molar-refractivity contribution is 9.10. The number of urea groups is 1. The first-order valence-electron chi connectivity index (χ1n) is 6.24. The zero-order valence-corrected chi connectivity index (χ0v) is 11.8. The molecule has 19 heavy (non-hydrogen) atoms. The van der Waals surface area contributed by atoms with Gasteiger partial charge in [-0.3, -0.25) is 4.79 Å². The molecule has 1 aromatic rings. The molecule has 0 fully saturated rings. The Kier molecular flexibility index (Phi) is 3.14. The van der Waals surface area contributed by atoms with E-state index in [4.69, 9.17) is 0 Å². The summed E-state index contributed by atoms with van der Waals surface area (Å²) in [6.07, 6.45) is 2.13. The molecule has 1 heterocycles. The fraction of sp³-hybridized carbons (Fsp3) is 0.286. The molecule has 1 atom stereocenters. The lowest BCUT2D eigenvalue weighted by Crippen LogP contribution is -2.46. The number of nitrogens with one attached hydrogen (secondary N) is 2. The lowest BCUT2D eigenvalue weighted by molar-refractivity contribution is -0.116. The number of hydrogen-bond acceptors (Lipinski definition) is 2. The van der Waals surface area contributed by atoms with Gasteiger partial charge in [-0.1, -0.05) is 28.1 Å². The van der Waals surface area contributed by atoms with Crippen LogP contribution in [0.3, 0.4) is 0 Å². The number of carbonyl (C=O) groups excluding carboxylic acids is 2. The molecule has 4 nitrogen and oxygen atoms in total. The Bertz CT molecular complexity index is 595. The van der Waals surface area contributed by atoms with Crippen molar-refractivity contribution >= 4 is 27.7 Å². The van der Waals surface area contributed by atoms with Gasteiger partial charge in [0.1, 0.15) is 0 Å². The summed E-state index contributed by atoms with van der Waals surface area (Å²) in [4.78, 5) is 23.9. The molecular formula is C14H13BrN2O2. The minimum atomic E-state index is -0.339. The molecule has 0 radical (unpaired) electrons. The van der Waals surface area contributed by atoms with Gasteiger partial charge in [-0.15, -0.1) is 0 Å². The van der Waals surface area contributed by atoms with E-state index >= 15 is 0 Å². The molecule has 2 amide bonds. The topological polar surface area (TPSA) is 58.2 Å². The fourth-order valence-corrected chi connectivity index (χ4v) is 3.06. The molecule has 1 aromatic carbocycles. The van der Waals surface area contributed by atoms with Gasteiger partial charge in [-0.25, -0.2) is 4.79 Å². The molecule has 0 saturated heterocycles. The molecule has 1 aliphatic heterocycles. The second-order valence-corrected chi connectivity index (χ2v) is 5.67. The quantitative estimate of drug-likeness (QED) is 0.836. The predicted molar refractivity (Wildman–Crippen MR) is 74.4 cm³/mol. The number of carbonyl (C=O) groups is 2. The van der Waals surface area contributed by atoms with Crippen molar-refractivity contribution in [3.05, 3.63) is 45.6 Å². The highest BCUT2D eigenvalue weighted by Gasteiger charge is 2.34. The number of halogens is 1. The van der Waals surface area contributed by atoms with Gasteiger partial charge >= 0.3 is 6.03 Å². The molecule has 2 N–H and O–H groups in total. The maximum absolute atomic E-state index is 12.1. The van der Waals surface area contributed by atoms with E-state index in [9.17, 15) is 9.59 Å². The SMILES string of the molecule is O=C1NC2=C(C(=O)CCC2)C(c2cccc(Br)c2)N1. The lowest BCUT2D eigenvalue weighted by Gasteiger charge is -2.32. The van der Waals surface area contributed by atoms with Crippen molar-refractivity contribution in [3.63, 3.8) is 0 Å². The Labute approximate surface area is 119 Å². The number of hydrogen-bond donors (Lipinski definition) is 2. The van der Waals surface area contributed by atoms with Crippen molar-refractivity contribution in [2.45, 2.75) is 25.3 Å². The summed E-state index contributed by atoms with van der Waals surface area (Å²) in [6.45, 7) is 0. The first-order chi connectivity index (χ1) is 9.15. The fourth-order valence-electron chi connectivity index (χ4n) is 2.64. The van der Waals surface area contributed by atoms with Gasteiger partial charge in [-0.05, 0) is 30.5 Å². The van der Waals surface area contributed by atoms with Crippen LogP contribution in [0.25, 0.3) is 0 Å². The van der Waals surface area contributed by atoms with Crippen molar-refractivity contribution < 1.29 is 9.59 Å². The third kappa shape index (κ3) is 2.30. The molecule has 98 valence electrons. The Morgan fingerprint density at radius 3 is 2.84 bits per heavy atom. The Balaban J connectivity index is 2.08. The van der Waals surface area contributed by atoms with E-state index in [1.807, 2.05) is 24.3 Å². The summed E-state index contributed by atoms with van der Waals surface area (Å²) in [6, 6.07) is 7.11. The maximum Gasteiger partial charge on any atom is 0.319 e. The summed E-state index contributed by atoms with van der Waals surface area (Å²) >= 11 is 3.42. The molecule has 2 aliphatic rings. The molecule has 5 heteroatoms. The number of rotatable bonds is 1. The van der Waals surface area contributed by atoms with Gasteiger partial charge < -0.3 is 10.6 Å². The van der Waals surface area contributed by atoms with E-state index < -0.39 is 0 Å². The van der Waals surface area contributed by atoms with Gasteiger partial charge in [0.15, 0.2) is 5.78 Å². The molecular weight excluding hydrogens is 308 g/mol. The normalized spacial score (nSPS) is 22.7. The third-order valence-corrected chi connectivity index (χ3v) is 3.96. The van der Waals surface area contributed by atoms with Crippen LogP contribution in [0.2, 0.25) is 0 Å². The molecule has 1 unspecified atom stereocenters. The van der Waals surface area contributed by atoms with Crippen LogP contribution in [-0.2, 0) is 4.79 Å². The van der Waals surface area contributed by atoms with Crippen LogP contribution >= 0.6 is 15.9 Å². The van der Waals surface area contributed by atoms with Gasteiger partial charge in [0.05, 0.1) is 6.04 Å². The van der Waals surface area contributed by atoms with Crippen LogP contribution in [-0.4, -0.2) is 11.8 Å². The van der Waals surface area contributed by atoms with Crippen molar-refractivity contribution in [3.8, 4) is 0 Å². The van der Waals surface area contributed by atoms with E-state index in [-0.39, 0.29) is 17.9 Å². The van der Waals surface area contributed by atoms with Crippen LogP contribution in [0.4, 0.5) is 4.79 Å². The minimum absolute atomic E-state index is 0.124. The molecule has 0 bridgehead atoms.